The van der Waals surface area contributed by atoms with Crippen LogP contribution in [0.2, 0.25) is 0 Å². The van der Waals surface area contributed by atoms with Crippen molar-refractivity contribution in [2.75, 3.05) is 26.2 Å². The monoisotopic (exact) mass is 404 g/mol. The second kappa shape index (κ2) is 9.18. The molecule has 5 heteroatoms. The van der Waals surface area contributed by atoms with E-state index in [4.69, 9.17) is 9.15 Å². The third-order valence-corrected chi connectivity index (χ3v) is 5.48. The van der Waals surface area contributed by atoms with Gasteiger partial charge in [-0.1, -0.05) is 48.0 Å². The summed E-state index contributed by atoms with van der Waals surface area (Å²) in [7, 11) is 0. The van der Waals surface area contributed by atoms with Crippen LogP contribution in [0.3, 0.4) is 0 Å². The molecule has 1 fully saturated rings. The fourth-order valence-corrected chi connectivity index (χ4v) is 3.77. The zero-order valence-electron chi connectivity index (χ0n) is 17.6. The van der Waals surface area contributed by atoms with Crippen molar-refractivity contribution in [2.45, 2.75) is 27.0 Å². The number of furan rings is 1. The Kier molecular flexibility index (Phi) is 6.19. The number of nitrogens with zero attached hydrogens (tertiary/aromatic N) is 2. The molecule has 0 N–H and O–H groups in total. The third kappa shape index (κ3) is 4.92. The van der Waals surface area contributed by atoms with Crippen LogP contribution in [0.1, 0.15) is 33.0 Å². The first-order chi connectivity index (χ1) is 14.6. The molecule has 0 radical (unpaired) electrons. The van der Waals surface area contributed by atoms with Gasteiger partial charge < -0.3 is 14.1 Å². The molecule has 0 bridgehead atoms. The lowest BCUT2D eigenvalue weighted by Gasteiger charge is -2.34. The summed E-state index contributed by atoms with van der Waals surface area (Å²) in [5, 5.41) is 0. The van der Waals surface area contributed by atoms with Crippen molar-refractivity contribution in [1.82, 2.24) is 9.80 Å². The number of hydrogen-bond donors (Lipinski definition) is 0. The van der Waals surface area contributed by atoms with E-state index < -0.39 is 0 Å². The molecule has 0 unspecified atom stereocenters. The van der Waals surface area contributed by atoms with Gasteiger partial charge in [-0.25, -0.2) is 0 Å². The van der Waals surface area contributed by atoms with E-state index in [2.05, 4.69) is 36.1 Å². The lowest BCUT2D eigenvalue weighted by Crippen LogP contribution is -2.48. The average Bonchev–Trinajstić information content (AvgIpc) is 3.22. The molecule has 0 atom stereocenters. The van der Waals surface area contributed by atoms with Crippen LogP contribution in [0.4, 0.5) is 0 Å². The van der Waals surface area contributed by atoms with E-state index in [9.17, 15) is 4.79 Å². The third-order valence-electron chi connectivity index (χ3n) is 5.48. The minimum Gasteiger partial charge on any atom is -0.485 e. The average molecular weight is 405 g/mol. The second-order valence-corrected chi connectivity index (χ2v) is 7.88. The fraction of sp³-hybridized carbons (Fsp3) is 0.320. The Labute approximate surface area is 177 Å². The standard InChI is InChI=1S/C25H28N2O3/c1-19-6-5-8-21(16-19)17-26-12-14-27(15-13-26)25(28)24-11-10-22(30-24)18-29-23-9-4-3-7-20(23)2/h3-11,16H,12-15,17-18H2,1-2H3. The Morgan fingerprint density at radius 3 is 2.53 bits per heavy atom. The minimum absolute atomic E-state index is 0.0488. The molecular weight excluding hydrogens is 376 g/mol. The number of carbonyl (C=O) groups excluding carboxylic acids is 1. The number of ether oxygens (including phenoxy) is 1. The molecule has 2 aromatic carbocycles. The molecule has 5 nitrogen and oxygen atoms in total. The van der Waals surface area contributed by atoms with Crippen molar-refractivity contribution < 1.29 is 13.9 Å². The highest BCUT2D eigenvalue weighted by Crippen LogP contribution is 2.20. The number of para-hydroxylation sites is 1. The highest BCUT2D eigenvalue weighted by molar-refractivity contribution is 5.91. The summed E-state index contributed by atoms with van der Waals surface area (Å²) in [5.41, 5.74) is 3.67. The number of rotatable bonds is 6. The van der Waals surface area contributed by atoms with E-state index in [0.29, 0.717) is 31.2 Å². The Balaban J connectivity index is 1.29. The summed E-state index contributed by atoms with van der Waals surface area (Å²) in [4.78, 5) is 17.1. The smallest absolute Gasteiger partial charge is 0.289 e. The van der Waals surface area contributed by atoms with Gasteiger partial charge in [0.2, 0.25) is 0 Å². The summed E-state index contributed by atoms with van der Waals surface area (Å²) in [6.45, 7) is 8.50. The first-order valence-electron chi connectivity index (χ1n) is 10.4. The topological polar surface area (TPSA) is 45.9 Å². The van der Waals surface area contributed by atoms with Crippen LogP contribution in [0.5, 0.6) is 5.75 Å². The predicted octanol–water partition coefficient (Wildman–Crippen LogP) is 4.43. The molecular formula is C25H28N2O3. The highest BCUT2D eigenvalue weighted by Gasteiger charge is 2.24. The van der Waals surface area contributed by atoms with Gasteiger partial charge >= 0.3 is 0 Å². The number of carbonyl (C=O) groups is 1. The summed E-state index contributed by atoms with van der Waals surface area (Å²) in [6, 6.07) is 20.0. The molecule has 0 saturated carbocycles. The second-order valence-electron chi connectivity index (χ2n) is 7.88. The summed E-state index contributed by atoms with van der Waals surface area (Å²) < 4.78 is 11.6. The van der Waals surface area contributed by atoms with Crippen molar-refractivity contribution in [3.05, 3.63) is 88.9 Å². The summed E-state index contributed by atoms with van der Waals surface area (Å²) >= 11 is 0. The maximum absolute atomic E-state index is 12.8. The van der Waals surface area contributed by atoms with Gasteiger partial charge in [-0.2, -0.15) is 0 Å². The van der Waals surface area contributed by atoms with Gasteiger partial charge in [-0.3, -0.25) is 9.69 Å². The van der Waals surface area contributed by atoms with E-state index in [1.807, 2.05) is 42.2 Å². The Hall–Kier alpha value is -3.05. The van der Waals surface area contributed by atoms with Crippen molar-refractivity contribution in [3.63, 3.8) is 0 Å². The first kappa shape index (κ1) is 20.2. The molecule has 1 saturated heterocycles. The van der Waals surface area contributed by atoms with Crippen LogP contribution in [-0.2, 0) is 13.2 Å². The first-order valence-corrected chi connectivity index (χ1v) is 10.4. The Bertz CT molecular complexity index is 1000. The molecule has 1 amide bonds. The fourth-order valence-electron chi connectivity index (χ4n) is 3.77. The minimum atomic E-state index is -0.0488. The van der Waals surface area contributed by atoms with Crippen LogP contribution in [0.25, 0.3) is 0 Å². The quantitative estimate of drug-likeness (QED) is 0.610. The highest BCUT2D eigenvalue weighted by atomic mass is 16.5. The largest absolute Gasteiger partial charge is 0.485 e. The maximum atomic E-state index is 12.8. The van der Waals surface area contributed by atoms with E-state index in [-0.39, 0.29) is 5.91 Å². The van der Waals surface area contributed by atoms with E-state index >= 15 is 0 Å². The van der Waals surface area contributed by atoms with Crippen LogP contribution in [0.15, 0.2) is 65.1 Å². The van der Waals surface area contributed by atoms with E-state index in [1.165, 1.54) is 11.1 Å². The van der Waals surface area contributed by atoms with Crippen LogP contribution < -0.4 is 4.74 Å². The number of aryl methyl sites for hydroxylation is 2. The zero-order valence-corrected chi connectivity index (χ0v) is 17.6. The van der Waals surface area contributed by atoms with Crippen LogP contribution in [0, 0.1) is 13.8 Å². The molecule has 4 rings (SSSR count). The van der Waals surface area contributed by atoms with Gasteiger partial charge in [0.1, 0.15) is 18.1 Å². The van der Waals surface area contributed by atoms with Crippen molar-refractivity contribution >= 4 is 5.91 Å². The van der Waals surface area contributed by atoms with Gasteiger partial charge in [-0.05, 0) is 43.2 Å². The van der Waals surface area contributed by atoms with Gasteiger partial charge in [0.05, 0.1) is 0 Å². The molecule has 0 aliphatic carbocycles. The lowest BCUT2D eigenvalue weighted by molar-refractivity contribution is 0.0594. The van der Waals surface area contributed by atoms with Crippen molar-refractivity contribution in [1.29, 1.82) is 0 Å². The van der Waals surface area contributed by atoms with Gasteiger partial charge in [0.25, 0.3) is 5.91 Å². The van der Waals surface area contributed by atoms with E-state index in [1.54, 1.807) is 6.07 Å². The number of piperazine rings is 1. The van der Waals surface area contributed by atoms with Crippen molar-refractivity contribution in [3.8, 4) is 5.75 Å². The zero-order chi connectivity index (χ0) is 20.9. The SMILES string of the molecule is Cc1cccc(CN2CCN(C(=O)c3ccc(COc4ccccc4C)o3)CC2)c1. The molecule has 30 heavy (non-hydrogen) atoms. The van der Waals surface area contributed by atoms with Gasteiger partial charge in [0, 0.05) is 32.7 Å². The molecule has 1 aromatic heterocycles. The van der Waals surface area contributed by atoms with Crippen LogP contribution in [-0.4, -0.2) is 41.9 Å². The summed E-state index contributed by atoms with van der Waals surface area (Å²) in [6.07, 6.45) is 0. The Morgan fingerprint density at radius 1 is 0.967 bits per heavy atom. The molecule has 1 aliphatic heterocycles. The lowest BCUT2D eigenvalue weighted by atomic mass is 10.1. The molecule has 156 valence electrons. The number of hydrogen-bond acceptors (Lipinski definition) is 4. The van der Waals surface area contributed by atoms with Crippen molar-refractivity contribution in [2.24, 2.45) is 0 Å². The molecule has 0 spiro atoms. The normalized spacial score (nSPS) is 14.7. The molecule has 1 aliphatic rings. The van der Waals surface area contributed by atoms with E-state index in [0.717, 1.165) is 30.9 Å². The maximum Gasteiger partial charge on any atom is 0.289 e. The van der Waals surface area contributed by atoms with Gasteiger partial charge in [-0.15, -0.1) is 0 Å². The van der Waals surface area contributed by atoms with Gasteiger partial charge in [0.15, 0.2) is 5.76 Å². The molecule has 3 aromatic rings. The molecule has 2 heterocycles. The number of benzene rings is 2. The summed E-state index contributed by atoms with van der Waals surface area (Å²) in [5.74, 6) is 1.81. The Morgan fingerprint density at radius 2 is 1.77 bits per heavy atom. The predicted molar refractivity (Wildman–Crippen MR) is 117 cm³/mol. The van der Waals surface area contributed by atoms with Crippen LogP contribution >= 0.6 is 0 Å². The number of amides is 1.